The lowest BCUT2D eigenvalue weighted by Gasteiger charge is -2.04. The Morgan fingerprint density at radius 3 is 2.27 bits per heavy atom. The standard InChI is InChI=1S/C17H14N4O/c18-19-17(22)21-20-16-9-7-13(8-10-16)15-6-5-12-3-1-2-4-14(12)11-15/h1-11H,18H2,(H,19,22). The number of fused-ring (bicyclic) bond motifs is 1. The van der Waals surface area contributed by atoms with Crippen molar-refractivity contribution < 1.29 is 4.79 Å². The number of rotatable bonds is 2. The maximum atomic E-state index is 10.9. The fourth-order valence-corrected chi connectivity index (χ4v) is 2.22. The maximum absolute atomic E-state index is 10.9. The van der Waals surface area contributed by atoms with Crippen molar-refractivity contribution in [3.05, 3.63) is 66.7 Å². The zero-order chi connectivity index (χ0) is 15.4. The van der Waals surface area contributed by atoms with Gasteiger partial charge >= 0.3 is 6.03 Å². The minimum absolute atomic E-state index is 0.591. The van der Waals surface area contributed by atoms with Crippen LogP contribution in [0, 0.1) is 0 Å². The number of nitrogens with zero attached hydrogens (tertiary/aromatic N) is 2. The second-order valence-corrected chi connectivity index (χ2v) is 4.76. The van der Waals surface area contributed by atoms with Gasteiger partial charge in [-0.3, -0.25) is 5.43 Å². The molecule has 3 aromatic carbocycles. The quantitative estimate of drug-likeness (QED) is 0.321. The lowest BCUT2D eigenvalue weighted by atomic mass is 10.0. The Morgan fingerprint density at radius 1 is 0.864 bits per heavy atom. The van der Waals surface area contributed by atoms with Crippen molar-refractivity contribution in [2.24, 2.45) is 16.1 Å². The zero-order valence-corrected chi connectivity index (χ0v) is 11.7. The van der Waals surface area contributed by atoms with E-state index < -0.39 is 6.03 Å². The average Bonchev–Trinajstić information content (AvgIpc) is 2.59. The van der Waals surface area contributed by atoms with Gasteiger partial charge < -0.3 is 0 Å². The van der Waals surface area contributed by atoms with Gasteiger partial charge in [0.15, 0.2) is 0 Å². The van der Waals surface area contributed by atoms with E-state index in [1.807, 2.05) is 29.7 Å². The second-order valence-electron chi connectivity index (χ2n) is 4.76. The Hall–Kier alpha value is -3.05. The highest BCUT2D eigenvalue weighted by atomic mass is 16.2. The molecule has 0 aliphatic carbocycles. The normalized spacial score (nSPS) is 11.0. The monoisotopic (exact) mass is 290 g/mol. The van der Waals surface area contributed by atoms with Crippen LogP contribution in [0.15, 0.2) is 77.0 Å². The number of amides is 2. The summed E-state index contributed by atoms with van der Waals surface area (Å²) in [7, 11) is 0. The molecule has 3 aromatic rings. The van der Waals surface area contributed by atoms with Crippen LogP contribution >= 0.6 is 0 Å². The van der Waals surface area contributed by atoms with Crippen molar-refractivity contribution in [2.75, 3.05) is 0 Å². The first-order chi connectivity index (χ1) is 10.8. The van der Waals surface area contributed by atoms with E-state index in [0.29, 0.717) is 5.69 Å². The van der Waals surface area contributed by atoms with Gasteiger partial charge in [-0.05, 0) is 40.1 Å². The highest BCUT2D eigenvalue weighted by molar-refractivity contribution is 5.87. The van der Waals surface area contributed by atoms with Crippen molar-refractivity contribution in [1.82, 2.24) is 5.43 Å². The highest BCUT2D eigenvalue weighted by Crippen LogP contribution is 2.26. The molecule has 5 heteroatoms. The molecule has 0 fully saturated rings. The Morgan fingerprint density at radius 2 is 1.55 bits per heavy atom. The van der Waals surface area contributed by atoms with Crippen LogP contribution in [0.2, 0.25) is 0 Å². The molecule has 3 rings (SSSR count). The first-order valence-corrected chi connectivity index (χ1v) is 6.78. The molecule has 0 atom stereocenters. The summed E-state index contributed by atoms with van der Waals surface area (Å²) in [5.74, 6) is 4.93. The SMILES string of the molecule is NNC(=O)N=Nc1ccc(-c2ccc3ccccc3c2)cc1. The molecule has 22 heavy (non-hydrogen) atoms. The van der Waals surface area contributed by atoms with Crippen molar-refractivity contribution in [2.45, 2.75) is 0 Å². The van der Waals surface area contributed by atoms with Gasteiger partial charge in [0.25, 0.3) is 0 Å². The number of hydrogen-bond donors (Lipinski definition) is 2. The summed E-state index contributed by atoms with van der Waals surface area (Å²) < 4.78 is 0. The van der Waals surface area contributed by atoms with E-state index >= 15 is 0 Å². The van der Waals surface area contributed by atoms with Crippen molar-refractivity contribution in [1.29, 1.82) is 0 Å². The number of carbonyl (C=O) groups excluding carboxylic acids is 1. The third-order valence-corrected chi connectivity index (χ3v) is 3.33. The molecule has 0 aromatic heterocycles. The fourth-order valence-electron chi connectivity index (χ4n) is 2.22. The molecule has 0 radical (unpaired) electrons. The van der Waals surface area contributed by atoms with Gasteiger partial charge in [0.2, 0.25) is 0 Å². The Labute approximate surface area is 127 Å². The average molecular weight is 290 g/mol. The molecular weight excluding hydrogens is 276 g/mol. The van der Waals surface area contributed by atoms with Crippen LogP contribution in [0.1, 0.15) is 0 Å². The largest absolute Gasteiger partial charge is 0.373 e. The summed E-state index contributed by atoms with van der Waals surface area (Å²) in [5.41, 5.74) is 4.68. The lowest BCUT2D eigenvalue weighted by Crippen LogP contribution is -2.26. The molecule has 2 amide bonds. The van der Waals surface area contributed by atoms with Crippen LogP contribution in [0.25, 0.3) is 21.9 Å². The van der Waals surface area contributed by atoms with Crippen molar-refractivity contribution >= 4 is 22.5 Å². The highest BCUT2D eigenvalue weighted by Gasteiger charge is 2.00. The predicted molar refractivity (Wildman–Crippen MR) is 86.6 cm³/mol. The minimum atomic E-state index is -0.682. The molecule has 0 aliphatic heterocycles. The van der Waals surface area contributed by atoms with Crippen LogP contribution in [-0.2, 0) is 0 Å². The van der Waals surface area contributed by atoms with Gasteiger partial charge in [0, 0.05) is 0 Å². The summed E-state index contributed by atoms with van der Waals surface area (Å²) in [6.07, 6.45) is 0. The molecule has 108 valence electrons. The van der Waals surface area contributed by atoms with Crippen LogP contribution in [0.3, 0.4) is 0 Å². The third-order valence-electron chi connectivity index (χ3n) is 3.33. The molecule has 0 bridgehead atoms. The third kappa shape index (κ3) is 2.99. The van der Waals surface area contributed by atoms with E-state index in [4.69, 9.17) is 5.84 Å². The predicted octanol–water partition coefficient (Wildman–Crippen LogP) is 4.17. The summed E-state index contributed by atoms with van der Waals surface area (Å²) in [5, 5.41) is 9.61. The van der Waals surface area contributed by atoms with E-state index in [0.717, 1.165) is 11.1 Å². The van der Waals surface area contributed by atoms with E-state index in [1.54, 1.807) is 12.1 Å². The van der Waals surface area contributed by atoms with E-state index in [-0.39, 0.29) is 0 Å². The van der Waals surface area contributed by atoms with Gasteiger partial charge in [-0.15, -0.1) is 5.11 Å². The number of hydrazine groups is 1. The van der Waals surface area contributed by atoms with Gasteiger partial charge in [0.1, 0.15) is 0 Å². The second kappa shape index (κ2) is 6.15. The zero-order valence-electron chi connectivity index (χ0n) is 11.7. The molecular formula is C17H14N4O. The molecule has 0 spiro atoms. The number of benzene rings is 3. The van der Waals surface area contributed by atoms with Gasteiger partial charge in [-0.1, -0.05) is 53.6 Å². The number of hydrogen-bond acceptors (Lipinski definition) is 3. The van der Waals surface area contributed by atoms with Crippen molar-refractivity contribution in [3.8, 4) is 11.1 Å². The van der Waals surface area contributed by atoms with Crippen molar-refractivity contribution in [3.63, 3.8) is 0 Å². The van der Waals surface area contributed by atoms with Gasteiger partial charge in [0.05, 0.1) is 5.69 Å². The maximum Gasteiger partial charge on any atom is 0.373 e. The number of urea groups is 1. The Bertz CT molecular complexity index is 841. The first kappa shape index (κ1) is 13.9. The Kier molecular flexibility index (Phi) is 3.89. The number of nitrogens with one attached hydrogen (secondary N) is 1. The van der Waals surface area contributed by atoms with Crippen LogP contribution in [-0.4, -0.2) is 6.03 Å². The Balaban J connectivity index is 1.88. The van der Waals surface area contributed by atoms with E-state index in [2.05, 4.69) is 40.6 Å². The lowest BCUT2D eigenvalue weighted by molar-refractivity contribution is 0.248. The number of carbonyl (C=O) groups is 1. The number of nitrogens with two attached hydrogens (primary N) is 1. The summed E-state index contributed by atoms with van der Waals surface area (Å²) in [6, 6.07) is 21.4. The van der Waals surface area contributed by atoms with Gasteiger partial charge in [-0.25, -0.2) is 10.6 Å². The molecule has 0 unspecified atom stereocenters. The first-order valence-electron chi connectivity index (χ1n) is 6.78. The van der Waals surface area contributed by atoms with E-state index in [1.165, 1.54) is 10.8 Å². The summed E-state index contributed by atoms with van der Waals surface area (Å²) >= 11 is 0. The van der Waals surface area contributed by atoms with E-state index in [9.17, 15) is 4.79 Å². The molecule has 3 N–H and O–H groups in total. The van der Waals surface area contributed by atoms with Gasteiger partial charge in [-0.2, -0.15) is 0 Å². The fraction of sp³-hybridized carbons (Fsp3) is 0. The molecule has 0 heterocycles. The molecule has 0 saturated heterocycles. The molecule has 0 saturated carbocycles. The summed E-state index contributed by atoms with van der Waals surface area (Å²) in [4.78, 5) is 10.9. The number of azo groups is 1. The molecule has 5 nitrogen and oxygen atoms in total. The minimum Gasteiger partial charge on any atom is -0.273 e. The topological polar surface area (TPSA) is 79.8 Å². The van der Waals surface area contributed by atoms with Crippen LogP contribution < -0.4 is 11.3 Å². The smallest absolute Gasteiger partial charge is 0.273 e. The molecule has 0 aliphatic rings. The van der Waals surface area contributed by atoms with Crippen LogP contribution in [0.4, 0.5) is 10.5 Å². The summed E-state index contributed by atoms with van der Waals surface area (Å²) in [6.45, 7) is 0. The van der Waals surface area contributed by atoms with Crippen LogP contribution in [0.5, 0.6) is 0 Å².